The molecule has 5 heteroatoms. The maximum Gasteiger partial charge on any atom is 0.134 e. The summed E-state index contributed by atoms with van der Waals surface area (Å²) in [5.74, 6) is 1.64. The Morgan fingerprint density at radius 1 is 1.42 bits per heavy atom. The summed E-state index contributed by atoms with van der Waals surface area (Å²) < 4.78 is 11.9. The number of benzene rings is 1. The Balaban J connectivity index is 2.15. The van der Waals surface area contributed by atoms with Gasteiger partial charge in [-0.2, -0.15) is 0 Å². The topological polar surface area (TPSA) is 47.3 Å². The molecular formula is C14H17BrN2O2. The summed E-state index contributed by atoms with van der Waals surface area (Å²) in [6.45, 7) is 4.36. The SMILES string of the molecule is CNC(C)c1cc(Br)ccc1OCc1cc(C)on1. The quantitative estimate of drug-likeness (QED) is 0.912. The first-order chi connectivity index (χ1) is 9.10. The summed E-state index contributed by atoms with van der Waals surface area (Å²) in [7, 11) is 1.93. The van der Waals surface area contributed by atoms with Crippen molar-refractivity contribution >= 4 is 15.9 Å². The van der Waals surface area contributed by atoms with Gasteiger partial charge in [0.25, 0.3) is 0 Å². The maximum atomic E-state index is 5.83. The Labute approximate surface area is 121 Å². The van der Waals surface area contributed by atoms with Crippen LogP contribution in [0.4, 0.5) is 0 Å². The average Bonchev–Trinajstić information content (AvgIpc) is 2.82. The predicted octanol–water partition coefficient (Wildman–Crippen LogP) is 3.60. The van der Waals surface area contributed by atoms with Crippen molar-refractivity contribution in [3.05, 3.63) is 45.8 Å². The van der Waals surface area contributed by atoms with E-state index < -0.39 is 0 Å². The van der Waals surface area contributed by atoms with Gasteiger partial charge in [0.05, 0.1) is 0 Å². The summed E-state index contributed by atoms with van der Waals surface area (Å²) in [5.41, 5.74) is 1.90. The zero-order valence-corrected chi connectivity index (χ0v) is 12.8. The number of aromatic nitrogens is 1. The average molecular weight is 325 g/mol. The highest BCUT2D eigenvalue weighted by atomic mass is 79.9. The number of halogens is 1. The standard InChI is InChI=1S/C14H17BrN2O2/c1-9-6-12(17-19-9)8-18-14-5-4-11(15)7-13(14)10(2)16-3/h4-7,10,16H,8H2,1-3H3. The highest BCUT2D eigenvalue weighted by Crippen LogP contribution is 2.29. The van der Waals surface area contributed by atoms with E-state index >= 15 is 0 Å². The van der Waals surface area contributed by atoms with E-state index in [2.05, 4.69) is 39.4 Å². The van der Waals surface area contributed by atoms with Crippen LogP contribution in [-0.2, 0) is 6.61 Å². The minimum atomic E-state index is 0.214. The van der Waals surface area contributed by atoms with Gasteiger partial charge in [0.1, 0.15) is 23.8 Å². The molecule has 0 bridgehead atoms. The van der Waals surface area contributed by atoms with Crippen LogP contribution in [0.15, 0.2) is 33.3 Å². The molecule has 0 aliphatic heterocycles. The normalized spacial score (nSPS) is 12.4. The molecule has 0 spiro atoms. The Morgan fingerprint density at radius 3 is 2.84 bits per heavy atom. The van der Waals surface area contributed by atoms with Crippen molar-refractivity contribution in [3.63, 3.8) is 0 Å². The zero-order valence-electron chi connectivity index (χ0n) is 11.2. The molecule has 4 nitrogen and oxygen atoms in total. The van der Waals surface area contributed by atoms with Crippen LogP contribution in [-0.4, -0.2) is 12.2 Å². The fourth-order valence-corrected chi connectivity index (χ4v) is 2.16. The molecule has 0 aliphatic rings. The van der Waals surface area contributed by atoms with E-state index in [1.165, 1.54) is 0 Å². The van der Waals surface area contributed by atoms with Crippen LogP contribution in [0, 0.1) is 6.92 Å². The van der Waals surface area contributed by atoms with Gasteiger partial charge in [0.2, 0.25) is 0 Å². The molecule has 0 saturated heterocycles. The van der Waals surface area contributed by atoms with Gasteiger partial charge in [-0.05, 0) is 39.1 Å². The molecular weight excluding hydrogens is 308 g/mol. The highest BCUT2D eigenvalue weighted by Gasteiger charge is 2.11. The summed E-state index contributed by atoms with van der Waals surface area (Å²) in [4.78, 5) is 0. The van der Waals surface area contributed by atoms with Crippen molar-refractivity contribution in [1.29, 1.82) is 0 Å². The van der Waals surface area contributed by atoms with Gasteiger partial charge in [-0.1, -0.05) is 21.1 Å². The van der Waals surface area contributed by atoms with Gasteiger partial charge >= 0.3 is 0 Å². The van der Waals surface area contributed by atoms with E-state index in [9.17, 15) is 0 Å². The van der Waals surface area contributed by atoms with Crippen molar-refractivity contribution in [2.75, 3.05) is 7.05 Å². The molecule has 0 fully saturated rings. The lowest BCUT2D eigenvalue weighted by molar-refractivity contribution is 0.283. The molecule has 19 heavy (non-hydrogen) atoms. The van der Waals surface area contributed by atoms with Crippen molar-refractivity contribution in [2.45, 2.75) is 26.5 Å². The Morgan fingerprint density at radius 2 is 2.21 bits per heavy atom. The number of nitrogens with zero attached hydrogens (tertiary/aromatic N) is 1. The number of nitrogens with one attached hydrogen (secondary N) is 1. The summed E-state index contributed by atoms with van der Waals surface area (Å²) >= 11 is 3.48. The fourth-order valence-electron chi connectivity index (χ4n) is 1.78. The van der Waals surface area contributed by atoms with E-state index in [-0.39, 0.29) is 6.04 Å². The smallest absolute Gasteiger partial charge is 0.134 e. The van der Waals surface area contributed by atoms with Crippen LogP contribution >= 0.6 is 15.9 Å². The van der Waals surface area contributed by atoms with Crippen molar-refractivity contribution in [3.8, 4) is 5.75 Å². The third kappa shape index (κ3) is 3.58. The summed E-state index contributed by atoms with van der Waals surface area (Å²) in [5, 5.41) is 7.13. The third-order valence-electron chi connectivity index (χ3n) is 2.92. The van der Waals surface area contributed by atoms with Gasteiger partial charge in [0, 0.05) is 22.1 Å². The monoisotopic (exact) mass is 324 g/mol. The Hall–Kier alpha value is -1.33. The second-order valence-corrected chi connectivity index (χ2v) is 5.33. The maximum absolute atomic E-state index is 5.83. The second kappa shape index (κ2) is 6.21. The van der Waals surface area contributed by atoms with E-state index in [1.54, 1.807) is 0 Å². The molecule has 0 saturated carbocycles. The molecule has 102 valence electrons. The van der Waals surface area contributed by atoms with E-state index in [4.69, 9.17) is 9.26 Å². The Kier molecular flexibility index (Phi) is 4.61. The van der Waals surface area contributed by atoms with Gasteiger partial charge in [-0.25, -0.2) is 0 Å². The predicted molar refractivity (Wildman–Crippen MR) is 77.2 cm³/mol. The highest BCUT2D eigenvalue weighted by molar-refractivity contribution is 9.10. The zero-order chi connectivity index (χ0) is 13.8. The van der Waals surface area contributed by atoms with Crippen molar-refractivity contribution in [2.24, 2.45) is 0 Å². The molecule has 0 aliphatic carbocycles. The molecule has 2 rings (SSSR count). The molecule has 0 radical (unpaired) electrons. The van der Waals surface area contributed by atoms with E-state index in [1.807, 2.05) is 32.2 Å². The molecule has 2 aromatic rings. The fraction of sp³-hybridized carbons (Fsp3) is 0.357. The molecule has 0 amide bonds. The minimum Gasteiger partial charge on any atom is -0.487 e. The van der Waals surface area contributed by atoms with Crippen LogP contribution in [0.2, 0.25) is 0 Å². The van der Waals surface area contributed by atoms with Crippen LogP contribution in [0.5, 0.6) is 5.75 Å². The van der Waals surface area contributed by atoms with Crippen LogP contribution in [0.1, 0.15) is 30.0 Å². The molecule has 1 N–H and O–H groups in total. The van der Waals surface area contributed by atoms with Crippen molar-refractivity contribution in [1.82, 2.24) is 10.5 Å². The Bertz CT molecular complexity index is 554. The first-order valence-corrected chi connectivity index (χ1v) is 6.91. The largest absolute Gasteiger partial charge is 0.487 e. The summed E-state index contributed by atoms with van der Waals surface area (Å²) in [6, 6.07) is 8.08. The van der Waals surface area contributed by atoms with Crippen LogP contribution < -0.4 is 10.1 Å². The molecule has 1 atom stereocenters. The van der Waals surface area contributed by atoms with Gasteiger partial charge in [-0.3, -0.25) is 0 Å². The van der Waals surface area contributed by atoms with Gasteiger partial charge in [0.15, 0.2) is 0 Å². The van der Waals surface area contributed by atoms with Crippen LogP contribution in [0.25, 0.3) is 0 Å². The first-order valence-electron chi connectivity index (χ1n) is 6.12. The van der Waals surface area contributed by atoms with Gasteiger partial charge < -0.3 is 14.6 Å². The second-order valence-electron chi connectivity index (χ2n) is 4.41. The minimum absolute atomic E-state index is 0.214. The molecule has 1 aromatic carbocycles. The number of hydrogen-bond donors (Lipinski definition) is 1. The molecule has 1 unspecified atom stereocenters. The van der Waals surface area contributed by atoms with E-state index in [0.29, 0.717) is 6.61 Å². The molecule has 1 aromatic heterocycles. The lowest BCUT2D eigenvalue weighted by Gasteiger charge is -2.16. The van der Waals surface area contributed by atoms with Crippen molar-refractivity contribution < 1.29 is 9.26 Å². The lowest BCUT2D eigenvalue weighted by atomic mass is 10.1. The summed E-state index contributed by atoms with van der Waals surface area (Å²) in [6.07, 6.45) is 0. The first kappa shape index (κ1) is 14.1. The lowest BCUT2D eigenvalue weighted by Crippen LogP contribution is -2.13. The molecule has 1 heterocycles. The number of aryl methyl sites for hydroxylation is 1. The number of ether oxygens (including phenoxy) is 1. The third-order valence-corrected chi connectivity index (χ3v) is 3.42. The van der Waals surface area contributed by atoms with Gasteiger partial charge in [-0.15, -0.1) is 0 Å². The van der Waals surface area contributed by atoms with Crippen LogP contribution in [0.3, 0.4) is 0 Å². The van der Waals surface area contributed by atoms with E-state index in [0.717, 1.165) is 27.2 Å². The number of rotatable bonds is 5. The number of hydrogen-bond acceptors (Lipinski definition) is 4.